The van der Waals surface area contributed by atoms with Crippen LogP contribution in [0.4, 0.5) is 0 Å². The summed E-state index contributed by atoms with van der Waals surface area (Å²) in [4.78, 5) is 0. The molecule has 0 heterocycles. The smallest absolute Gasteiger partial charge is 0.0223 e. The number of hydrogen-bond donors (Lipinski definition) is 1. The van der Waals surface area contributed by atoms with Gasteiger partial charge in [0.25, 0.3) is 0 Å². The lowest BCUT2D eigenvalue weighted by Gasteiger charge is -2.22. The molecule has 1 aliphatic rings. The molecular formula is C10H20ClN. The highest BCUT2D eigenvalue weighted by molar-refractivity contribution is 6.17. The maximum Gasteiger partial charge on any atom is 0.0223 e. The molecule has 0 aromatic carbocycles. The highest BCUT2D eigenvalue weighted by atomic mass is 35.5. The second kappa shape index (κ2) is 6.73. The normalized spacial score (nSPS) is 19.8. The van der Waals surface area contributed by atoms with E-state index in [1.165, 1.54) is 38.5 Å². The molecule has 12 heavy (non-hydrogen) atoms. The van der Waals surface area contributed by atoms with Crippen molar-refractivity contribution in [3.63, 3.8) is 0 Å². The van der Waals surface area contributed by atoms with E-state index in [2.05, 4.69) is 5.32 Å². The SMILES string of the molecule is ClCCCCNC1CCCCC1. The molecule has 0 aromatic heterocycles. The fraction of sp³-hybridized carbons (Fsp3) is 1.00. The molecule has 0 atom stereocenters. The van der Waals surface area contributed by atoms with Gasteiger partial charge in [0, 0.05) is 11.9 Å². The maximum absolute atomic E-state index is 5.60. The summed E-state index contributed by atoms with van der Waals surface area (Å²) >= 11 is 5.60. The van der Waals surface area contributed by atoms with Gasteiger partial charge in [-0.15, -0.1) is 11.6 Å². The Kier molecular flexibility index (Phi) is 5.80. The Bertz CT molecular complexity index is 100. The Hall–Kier alpha value is 0.250. The summed E-state index contributed by atoms with van der Waals surface area (Å²) in [5.74, 6) is 0.812. The third-order valence-electron chi connectivity index (χ3n) is 2.60. The van der Waals surface area contributed by atoms with Crippen molar-refractivity contribution < 1.29 is 0 Å². The van der Waals surface area contributed by atoms with Crippen LogP contribution >= 0.6 is 11.6 Å². The Labute approximate surface area is 80.9 Å². The molecule has 0 bridgehead atoms. The van der Waals surface area contributed by atoms with Crippen LogP contribution in [0.1, 0.15) is 44.9 Å². The van der Waals surface area contributed by atoms with Crippen molar-refractivity contribution >= 4 is 11.6 Å². The van der Waals surface area contributed by atoms with Gasteiger partial charge < -0.3 is 5.32 Å². The Morgan fingerprint density at radius 3 is 2.50 bits per heavy atom. The zero-order chi connectivity index (χ0) is 8.65. The molecule has 1 saturated carbocycles. The molecule has 0 aliphatic heterocycles. The van der Waals surface area contributed by atoms with E-state index < -0.39 is 0 Å². The highest BCUT2D eigenvalue weighted by Gasteiger charge is 2.11. The van der Waals surface area contributed by atoms with Gasteiger partial charge in [-0.1, -0.05) is 19.3 Å². The van der Waals surface area contributed by atoms with Crippen LogP contribution in [0.5, 0.6) is 0 Å². The lowest BCUT2D eigenvalue weighted by molar-refractivity contribution is 0.372. The number of halogens is 1. The van der Waals surface area contributed by atoms with Crippen LogP contribution in [0.15, 0.2) is 0 Å². The van der Waals surface area contributed by atoms with Gasteiger partial charge in [-0.3, -0.25) is 0 Å². The monoisotopic (exact) mass is 189 g/mol. The van der Waals surface area contributed by atoms with E-state index in [0.717, 1.165) is 24.9 Å². The third kappa shape index (κ3) is 4.32. The van der Waals surface area contributed by atoms with Crippen molar-refractivity contribution in [2.75, 3.05) is 12.4 Å². The number of hydrogen-bond acceptors (Lipinski definition) is 1. The minimum absolute atomic E-state index is 0.812. The number of rotatable bonds is 5. The first kappa shape index (κ1) is 10.3. The van der Waals surface area contributed by atoms with Crippen LogP contribution in [0, 0.1) is 0 Å². The molecule has 0 radical (unpaired) electrons. The first-order chi connectivity index (χ1) is 5.93. The average molecular weight is 190 g/mol. The predicted molar refractivity (Wildman–Crippen MR) is 54.8 cm³/mol. The van der Waals surface area contributed by atoms with Crippen LogP contribution in [0.25, 0.3) is 0 Å². The highest BCUT2D eigenvalue weighted by Crippen LogP contribution is 2.17. The van der Waals surface area contributed by atoms with E-state index in [9.17, 15) is 0 Å². The second-order valence-corrected chi connectivity index (χ2v) is 4.06. The van der Waals surface area contributed by atoms with E-state index in [1.54, 1.807) is 0 Å². The van der Waals surface area contributed by atoms with Crippen molar-refractivity contribution in [1.82, 2.24) is 5.32 Å². The molecule has 72 valence electrons. The zero-order valence-electron chi connectivity index (χ0n) is 7.82. The van der Waals surface area contributed by atoms with Gasteiger partial charge >= 0.3 is 0 Å². The Balaban J connectivity index is 1.91. The molecule has 1 N–H and O–H groups in total. The molecular weight excluding hydrogens is 170 g/mol. The quantitative estimate of drug-likeness (QED) is 0.518. The van der Waals surface area contributed by atoms with Crippen LogP contribution < -0.4 is 5.32 Å². The summed E-state index contributed by atoms with van der Waals surface area (Å²) in [6.45, 7) is 1.16. The number of unbranched alkanes of at least 4 members (excludes halogenated alkanes) is 1. The van der Waals surface area contributed by atoms with E-state index in [1.807, 2.05) is 0 Å². The summed E-state index contributed by atoms with van der Waals surface area (Å²) in [7, 11) is 0. The van der Waals surface area contributed by atoms with Crippen LogP contribution in [0.2, 0.25) is 0 Å². The van der Waals surface area contributed by atoms with Crippen molar-refractivity contribution in [2.24, 2.45) is 0 Å². The van der Waals surface area contributed by atoms with Crippen molar-refractivity contribution in [1.29, 1.82) is 0 Å². The zero-order valence-corrected chi connectivity index (χ0v) is 8.58. The van der Waals surface area contributed by atoms with Crippen molar-refractivity contribution in [3.8, 4) is 0 Å². The molecule has 0 unspecified atom stereocenters. The molecule has 0 spiro atoms. The van der Waals surface area contributed by atoms with Crippen LogP contribution in [-0.2, 0) is 0 Å². The minimum Gasteiger partial charge on any atom is -0.314 e. The summed E-state index contributed by atoms with van der Waals surface area (Å²) in [6.07, 6.45) is 9.46. The lowest BCUT2D eigenvalue weighted by Crippen LogP contribution is -2.31. The van der Waals surface area contributed by atoms with Gasteiger partial charge in [0.15, 0.2) is 0 Å². The van der Waals surface area contributed by atoms with E-state index in [4.69, 9.17) is 11.6 Å². The van der Waals surface area contributed by atoms with Gasteiger partial charge in [-0.2, -0.15) is 0 Å². The van der Waals surface area contributed by atoms with E-state index >= 15 is 0 Å². The van der Waals surface area contributed by atoms with Gasteiger partial charge in [0.05, 0.1) is 0 Å². The third-order valence-corrected chi connectivity index (χ3v) is 2.87. The average Bonchev–Trinajstić information content (AvgIpc) is 2.14. The first-order valence-electron chi connectivity index (χ1n) is 5.23. The summed E-state index contributed by atoms with van der Waals surface area (Å²) < 4.78 is 0. The number of nitrogens with one attached hydrogen (secondary N) is 1. The molecule has 1 aliphatic carbocycles. The Morgan fingerprint density at radius 2 is 1.83 bits per heavy atom. The van der Waals surface area contributed by atoms with E-state index in [-0.39, 0.29) is 0 Å². The minimum atomic E-state index is 0.812. The second-order valence-electron chi connectivity index (χ2n) is 3.69. The van der Waals surface area contributed by atoms with Crippen molar-refractivity contribution in [2.45, 2.75) is 51.0 Å². The molecule has 0 aromatic rings. The largest absolute Gasteiger partial charge is 0.314 e. The molecule has 1 rings (SSSR count). The standard InChI is InChI=1S/C10H20ClN/c11-8-4-5-9-12-10-6-2-1-3-7-10/h10,12H,1-9H2. The predicted octanol–water partition coefficient (Wildman–Crippen LogP) is 2.93. The van der Waals surface area contributed by atoms with Crippen LogP contribution in [0.3, 0.4) is 0 Å². The van der Waals surface area contributed by atoms with Gasteiger partial charge in [-0.05, 0) is 32.2 Å². The molecule has 2 heteroatoms. The van der Waals surface area contributed by atoms with Gasteiger partial charge in [-0.25, -0.2) is 0 Å². The fourth-order valence-corrected chi connectivity index (χ4v) is 2.02. The molecule has 0 saturated heterocycles. The summed E-state index contributed by atoms with van der Waals surface area (Å²) in [5, 5.41) is 3.60. The van der Waals surface area contributed by atoms with Gasteiger partial charge in [0.1, 0.15) is 0 Å². The molecule has 1 fully saturated rings. The maximum atomic E-state index is 5.60. The fourth-order valence-electron chi connectivity index (χ4n) is 1.83. The molecule has 1 nitrogen and oxygen atoms in total. The lowest BCUT2D eigenvalue weighted by atomic mass is 9.95. The van der Waals surface area contributed by atoms with E-state index in [0.29, 0.717) is 0 Å². The van der Waals surface area contributed by atoms with Crippen molar-refractivity contribution in [3.05, 3.63) is 0 Å². The van der Waals surface area contributed by atoms with Crippen LogP contribution in [-0.4, -0.2) is 18.5 Å². The number of alkyl halides is 1. The topological polar surface area (TPSA) is 12.0 Å². The van der Waals surface area contributed by atoms with Gasteiger partial charge in [0.2, 0.25) is 0 Å². The first-order valence-corrected chi connectivity index (χ1v) is 5.76. The summed E-state index contributed by atoms with van der Waals surface area (Å²) in [6, 6.07) is 0.814. The Morgan fingerprint density at radius 1 is 1.08 bits per heavy atom. The summed E-state index contributed by atoms with van der Waals surface area (Å²) in [5.41, 5.74) is 0. The molecule has 0 amide bonds.